The van der Waals surface area contributed by atoms with E-state index in [1.54, 1.807) is 30.4 Å². The van der Waals surface area contributed by atoms with E-state index in [1.807, 2.05) is 52.8 Å². The van der Waals surface area contributed by atoms with Gasteiger partial charge in [-0.2, -0.15) is 0 Å². The van der Waals surface area contributed by atoms with Crippen molar-refractivity contribution in [3.05, 3.63) is 61.3 Å². The van der Waals surface area contributed by atoms with Gasteiger partial charge < -0.3 is 25.2 Å². The number of rotatable bonds is 3. The molecule has 0 aliphatic carbocycles. The van der Waals surface area contributed by atoms with Gasteiger partial charge in [0.05, 0.1) is 24.4 Å². The van der Waals surface area contributed by atoms with Crippen LogP contribution in [0.2, 0.25) is 0 Å². The molecular weight excluding hydrogens is 480 g/mol. The van der Waals surface area contributed by atoms with Crippen molar-refractivity contribution in [3.63, 3.8) is 0 Å². The molecule has 4 N–H and O–H groups in total. The fourth-order valence-corrected chi connectivity index (χ4v) is 5.04. The van der Waals surface area contributed by atoms with Gasteiger partial charge in [0.25, 0.3) is 0 Å². The van der Waals surface area contributed by atoms with Gasteiger partial charge in [0, 0.05) is 36.2 Å². The van der Waals surface area contributed by atoms with Crippen molar-refractivity contribution < 1.29 is 30.0 Å². The third-order valence-electron chi connectivity index (χ3n) is 7.78. The average molecular weight is 533 g/mol. The van der Waals surface area contributed by atoms with Crippen LogP contribution in [0.4, 0.5) is 0 Å². The minimum atomic E-state index is -0.828. The molecule has 1 aliphatic heterocycles. The lowest BCUT2D eigenvalue weighted by Crippen LogP contribution is -2.37. The highest BCUT2D eigenvalue weighted by atomic mass is 16.5. The summed E-state index contributed by atoms with van der Waals surface area (Å²) in [6.45, 7) is 15.5. The molecule has 11 atom stereocenters. The van der Waals surface area contributed by atoms with E-state index in [-0.39, 0.29) is 41.9 Å². The van der Waals surface area contributed by atoms with Crippen molar-refractivity contribution in [1.29, 1.82) is 0 Å². The summed E-state index contributed by atoms with van der Waals surface area (Å²) in [6, 6.07) is 0. The first-order chi connectivity index (χ1) is 17.9. The first kappa shape index (κ1) is 34.0. The molecule has 0 aromatic rings. The van der Waals surface area contributed by atoms with Gasteiger partial charge in [-0.05, 0) is 31.1 Å². The number of carbonyl (C=O) groups excluding carboxylic acids is 1. The third kappa shape index (κ3) is 12.2. The summed E-state index contributed by atoms with van der Waals surface area (Å²) in [4.78, 5) is 12.6. The zero-order valence-corrected chi connectivity index (χ0v) is 24.2. The Morgan fingerprint density at radius 1 is 0.921 bits per heavy atom. The van der Waals surface area contributed by atoms with Crippen LogP contribution in [-0.2, 0) is 9.53 Å². The second-order valence-electron chi connectivity index (χ2n) is 11.4. The molecule has 0 aromatic carbocycles. The van der Waals surface area contributed by atoms with Gasteiger partial charge in [-0.15, -0.1) is 0 Å². The van der Waals surface area contributed by atoms with Crippen LogP contribution in [0, 0.1) is 35.5 Å². The number of carbonyl (C=O) groups is 1. The van der Waals surface area contributed by atoms with E-state index in [0.29, 0.717) is 6.42 Å². The van der Waals surface area contributed by atoms with Gasteiger partial charge in [0.15, 0.2) is 0 Å². The largest absolute Gasteiger partial charge is 0.458 e. The summed E-state index contributed by atoms with van der Waals surface area (Å²) in [5, 5.41) is 42.7. The Hall–Kier alpha value is -1.99. The van der Waals surface area contributed by atoms with Gasteiger partial charge in [-0.1, -0.05) is 96.7 Å². The zero-order chi connectivity index (χ0) is 28.8. The van der Waals surface area contributed by atoms with E-state index in [4.69, 9.17) is 4.74 Å². The van der Waals surface area contributed by atoms with Gasteiger partial charge in [-0.25, -0.2) is 4.79 Å². The second kappa shape index (κ2) is 17.6. The monoisotopic (exact) mass is 532 g/mol. The molecule has 216 valence electrons. The fourth-order valence-electron chi connectivity index (χ4n) is 5.04. The number of cyclic esters (lactones) is 1. The summed E-state index contributed by atoms with van der Waals surface area (Å²) in [5.74, 6) is -0.976. The minimum absolute atomic E-state index is 0.0366. The van der Waals surface area contributed by atoms with Gasteiger partial charge in [0.1, 0.15) is 6.10 Å². The molecule has 0 aromatic heterocycles. The lowest BCUT2D eigenvalue weighted by atomic mass is 9.82. The Morgan fingerprint density at radius 2 is 1.61 bits per heavy atom. The van der Waals surface area contributed by atoms with Crippen molar-refractivity contribution in [3.8, 4) is 0 Å². The standard InChI is InChI=1S/C32H52O6/c1-8-9-12-24(5)32-26(7)28(34)18-15-21(2)19-25(6)31(37)23(4)16-17-27(33)20-29(35)22(3)13-10-11-14-30(36)38-32/h8-14,16-17,21-29,31-35,37H,1,15,18-20H2,2-7H3/b12-9?,13-10+,14-11?,17-16?. The van der Waals surface area contributed by atoms with Crippen LogP contribution < -0.4 is 0 Å². The Balaban J connectivity index is 3.17. The van der Waals surface area contributed by atoms with Gasteiger partial charge in [-0.3, -0.25) is 0 Å². The molecule has 1 aliphatic rings. The topological polar surface area (TPSA) is 107 Å². The summed E-state index contributed by atoms with van der Waals surface area (Å²) < 4.78 is 5.81. The maximum atomic E-state index is 12.6. The second-order valence-corrected chi connectivity index (χ2v) is 11.4. The lowest BCUT2D eigenvalue weighted by Gasteiger charge is -2.31. The summed E-state index contributed by atoms with van der Waals surface area (Å²) in [5.41, 5.74) is 0. The van der Waals surface area contributed by atoms with Crippen molar-refractivity contribution in [2.75, 3.05) is 0 Å². The van der Waals surface area contributed by atoms with E-state index < -0.39 is 36.5 Å². The summed E-state index contributed by atoms with van der Waals surface area (Å²) in [7, 11) is 0. The van der Waals surface area contributed by atoms with Crippen LogP contribution in [0.3, 0.4) is 0 Å². The molecule has 6 nitrogen and oxygen atoms in total. The van der Waals surface area contributed by atoms with Crippen LogP contribution in [0.1, 0.15) is 67.2 Å². The quantitative estimate of drug-likeness (QED) is 0.228. The Morgan fingerprint density at radius 3 is 2.26 bits per heavy atom. The number of ether oxygens (including phenoxy) is 1. The van der Waals surface area contributed by atoms with Gasteiger partial charge >= 0.3 is 5.97 Å². The maximum absolute atomic E-state index is 12.6. The lowest BCUT2D eigenvalue weighted by molar-refractivity contribution is -0.150. The normalized spacial score (nSPS) is 39.1. The van der Waals surface area contributed by atoms with Crippen molar-refractivity contribution in [2.45, 2.75) is 97.7 Å². The van der Waals surface area contributed by atoms with Crippen LogP contribution in [0.25, 0.3) is 0 Å². The third-order valence-corrected chi connectivity index (χ3v) is 7.78. The van der Waals surface area contributed by atoms with Crippen molar-refractivity contribution in [1.82, 2.24) is 0 Å². The Bertz CT molecular complexity index is 815. The summed E-state index contributed by atoms with van der Waals surface area (Å²) in [6.07, 6.45) is 14.2. The molecule has 1 heterocycles. The predicted molar refractivity (Wildman–Crippen MR) is 154 cm³/mol. The van der Waals surface area contributed by atoms with Crippen LogP contribution in [0.15, 0.2) is 61.3 Å². The molecule has 1 rings (SSSR count). The summed E-state index contributed by atoms with van der Waals surface area (Å²) >= 11 is 0. The molecule has 6 heteroatoms. The van der Waals surface area contributed by atoms with E-state index in [1.165, 1.54) is 6.08 Å². The number of aliphatic hydroxyl groups is 4. The SMILES string of the molecule is C=CC=CC(C)C1OC(=O)C=C/C=C/C(C)C(O)CC(O)C=CC(C)C(O)C(C)CC(C)CCC(O)C1C. The maximum Gasteiger partial charge on any atom is 0.331 e. The van der Waals surface area contributed by atoms with Crippen LogP contribution in [0.5, 0.6) is 0 Å². The molecule has 38 heavy (non-hydrogen) atoms. The van der Waals surface area contributed by atoms with Crippen LogP contribution >= 0.6 is 0 Å². The van der Waals surface area contributed by atoms with Crippen molar-refractivity contribution >= 4 is 5.97 Å². The molecule has 0 bridgehead atoms. The number of aliphatic hydroxyl groups excluding tert-OH is 4. The smallest absolute Gasteiger partial charge is 0.331 e. The van der Waals surface area contributed by atoms with E-state index in [2.05, 4.69) is 13.5 Å². The fraction of sp³-hybridized carbons (Fsp3) is 0.656. The Labute approximate surface area is 230 Å². The number of esters is 1. The molecule has 0 amide bonds. The number of hydrogen-bond acceptors (Lipinski definition) is 6. The van der Waals surface area contributed by atoms with E-state index in [9.17, 15) is 25.2 Å². The minimum Gasteiger partial charge on any atom is -0.458 e. The van der Waals surface area contributed by atoms with E-state index >= 15 is 0 Å². The Kier molecular flexibility index (Phi) is 15.7. The predicted octanol–water partition coefficient (Wildman–Crippen LogP) is 5.14. The molecule has 0 spiro atoms. The average Bonchev–Trinajstić information content (AvgIpc) is 2.88. The van der Waals surface area contributed by atoms with Gasteiger partial charge in [0.2, 0.25) is 0 Å². The van der Waals surface area contributed by atoms with E-state index in [0.717, 1.165) is 12.8 Å². The molecule has 11 unspecified atom stereocenters. The van der Waals surface area contributed by atoms with Crippen molar-refractivity contribution in [2.24, 2.45) is 35.5 Å². The number of allylic oxidation sites excluding steroid dienone is 4. The first-order valence-electron chi connectivity index (χ1n) is 14.1. The highest BCUT2D eigenvalue weighted by molar-refractivity contribution is 5.82. The first-order valence-corrected chi connectivity index (χ1v) is 14.1. The van der Waals surface area contributed by atoms with Crippen LogP contribution in [-0.4, -0.2) is 56.9 Å². The molecule has 0 saturated carbocycles. The molecule has 0 radical (unpaired) electrons. The zero-order valence-electron chi connectivity index (χ0n) is 24.2. The molecule has 0 fully saturated rings. The highest BCUT2D eigenvalue weighted by Gasteiger charge is 2.31. The highest BCUT2D eigenvalue weighted by Crippen LogP contribution is 2.28. The molecule has 0 saturated heterocycles. The number of hydrogen-bond donors (Lipinski definition) is 4. The molecular formula is C32H52O6.